The van der Waals surface area contributed by atoms with Crippen LogP contribution in [-0.4, -0.2) is 21.0 Å². The third kappa shape index (κ3) is 4.03. The minimum absolute atomic E-state index is 0.148. The number of nitrogens with one attached hydrogen (secondary N) is 1. The molecule has 3 aromatic rings. The van der Waals surface area contributed by atoms with Crippen LogP contribution in [0.5, 0.6) is 0 Å². The SMILES string of the molecule is C[C@H](c1ccccc1)N(Cc1ccc(F)cc1)C(=O)c1ccc(=O)[nH]n1. The summed E-state index contributed by atoms with van der Waals surface area (Å²) in [6.07, 6.45) is 0. The number of carbonyl (C=O) groups excluding carboxylic acids is 1. The molecule has 0 aliphatic heterocycles. The van der Waals surface area contributed by atoms with Gasteiger partial charge in [0, 0.05) is 12.6 Å². The Bertz CT molecular complexity index is 919. The molecular weight excluding hydrogens is 333 g/mol. The van der Waals surface area contributed by atoms with E-state index in [9.17, 15) is 14.0 Å². The van der Waals surface area contributed by atoms with Crippen molar-refractivity contribution in [1.29, 1.82) is 0 Å². The Labute approximate surface area is 150 Å². The molecule has 1 amide bonds. The first-order chi connectivity index (χ1) is 12.5. The number of amides is 1. The Morgan fingerprint density at radius 1 is 1.08 bits per heavy atom. The highest BCUT2D eigenvalue weighted by Gasteiger charge is 2.24. The third-order valence-corrected chi connectivity index (χ3v) is 4.17. The van der Waals surface area contributed by atoms with Crippen LogP contribution in [0.25, 0.3) is 0 Å². The molecule has 0 fully saturated rings. The monoisotopic (exact) mass is 351 g/mol. The lowest BCUT2D eigenvalue weighted by Gasteiger charge is -2.29. The first-order valence-electron chi connectivity index (χ1n) is 8.20. The van der Waals surface area contributed by atoms with Crippen molar-refractivity contribution < 1.29 is 9.18 Å². The molecule has 0 aliphatic carbocycles. The van der Waals surface area contributed by atoms with Crippen molar-refractivity contribution in [3.63, 3.8) is 0 Å². The van der Waals surface area contributed by atoms with E-state index < -0.39 is 0 Å². The molecule has 1 heterocycles. The van der Waals surface area contributed by atoms with Gasteiger partial charge in [-0.05, 0) is 36.2 Å². The summed E-state index contributed by atoms with van der Waals surface area (Å²) in [5, 5.41) is 6.13. The molecule has 6 heteroatoms. The summed E-state index contributed by atoms with van der Waals surface area (Å²) in [7, 11) is 0. The highest BCUT2D eigenvalue weighted by molar-refractivity contribution is 5.92. The Balaban J connectivity index is 1.94. The molecular formula is C20H18FN3O2. The highest BCUT2D eigenvalue weighted by atomic mass is 19.1. The van der Waals surface area contributed by atoms with Crippen LogP contribution in [0.4, 0.5) is 4.39 Å². The van der Waals surface area contributed by atoms with E-state index >= 15 is 0 Å². The maximum absolute atomic E-state index is 13.2. The summed E-state index contributed by atoms with van der Waals surface area (Å²) in [4.78, 5) is 25.9. The van der Waals surface area contributed by atoms with Crippen molar-refractivity contribution in [1.82, 2.24) is 15.1 Å². The zero-order valence-electron chi connectivity index (χ0n) is 14.2. The van der Waals surface area contributed by atoms with Crippen molar-refractivity contribution >= 4 is 5.91 Å². The van der Waals surface area contributed by atoms with Gasteiger partial charge in [0.25, 0.3) is 11.5 Å². The lowest BCUT2D eigenvalue weighted by molar-refractivity contribution is 0.0666. The normalized spacial score (nSPS) is 11.8. The van der Waals surface area contributed by atoms with E-state index in [4.69, 9.17) is 0 Å². The molecule has 0 saturated carbocycles. The van der Waals surface area contributed by atoms with Gasteiger partial charge < -0.3 is 4.90 Å². The van der Waals surface area contributed by atoms with Crippen LogP contribution < -0.4 is 5.56 Å². The number of rotatable bonds is 5. The second-order valence-electron chi connectivity index (χ2n) is 5.95. The van der Waals surface area contributed by atoms with Gasteiger partial charge in [-0.1, -0.05) is 42.5 Å². The first-order valence-corrected chi connectivity index (χ1v) is 8.20. The predicted octanol–water partition coefficient (Wildman–Crippen LogP) is 3.31. The fourth-order valence-corrected chi connectivity index (χ4v) is 2.69. The van der Waals surface area contributed by atoms with Gasteiger partial charge in [0.05, 0.1) is 6.04 Å². The number of aromatic nitrogens is 2. The van der Waals surface area contributed by atoms with Crippen LogP contribution in [0.3, 0.4) is 0 Å². The van der Waals surface area contributed by atoms with Crippen LogP contribution in [0.1, 0.15) is 34.6 Å². The molecule has 2 aromatic carbocycles. The van der Waals surface area contributed by atoms with E-state index in [1.165, 1.54) is 24.3 Å². The van der Waals surface area contributed by atoms with Gasteiger partial charge in [0.1, 0.15) is 11.5 Å². The smallest absolute Gasteiger partial charge is 0.275 e. The molecule has 0 aliphatic rings. The molecule has 1 aromatic heterocycles. The topological polar surface area (TPSA) is 66.1 Å². The molecule has 0 radical (unpaired) electrons. The van der Waals surface area contributed by atoms with Gasteiger partial charge in [-0.2, -0.15) is 5.10 Å². The van der Waals surface area contributed by atoms with Crippen LogP contribution in [0.15, 0.2) is 71.5 Å². The lowest BCUT2D eigenvalue weighted by atomic mass is 10.1. The van der Waals surface area contributed by atoms with Crippen LogP contribution in [0.2, 0.25) is 0 Å². The number of H-pyrrole nitrogens is 1. The van der Waals surface area contributed by atoms with E-state index in [1.54, 1.807) is 17.0 Å². The largest absolute Gasteiger partial charge is 0.326 e. The Morgan fingerprint density at radius 3 is 2.38 bits per heavy atom. The van der Waals surface area contributed by atoms with E-state index in [1.807, 2.05) is 37.3 Å². The van der Waals surface area contributed by atoms with Crippen molar-refractivity contribution in [2.75, 3.05) is 0 Å². The highest BCUT2D eigenvalue weighted by Crippen LogP contribution is 2.24. The third-order valence-electron chi connectivity index (χ3n) is 4.17. The summed E-state index contributed by atoms with van der Waals surface area (Å²) < 4.78 is 13.2. The van der Waals surface area contributed by atoms with Crippen molar-refractivity contribution in [2.45, 2.75) is 19.5 Å². The molecule has 0 spiro atoms. The first kappa shape index (κ1) is 17.5. The van der Waals surface area contributed by atoms with Gasteiger partial charge in [-0.15, -0.1) is 0 Å². The molecule has 0 bridgehead atoms. The average Bonchev–Trinajstić information content (AvgIpc) is 2.68. The zero-order chi connectivity index (χ0) is 18.5. The number of carbonyl (C=O) groups is 1. The molecule has 26 heavy (non-hydrogen) atoms. The molecule has 0 unspecified atom stereocenters. The van der Waals surface area contributed by atoms with Crippen LogP contribution >= 0.6 is 0 Å². The molecule has 5 nitrogen and oxygen atoms in total. The average molecular weight is 351 g/mol. The maximum Gasteiger partial charge on any atom is 0.275 e. The summed E-state index contributed by atoms with van der Waals surface area (Å²) in [6, 6.07) is 18.1. The minimum atomic E-state index is -0.372. The van der Waals surface area contributed by atoms with E-state index in [0.29, 0.717) is 0 Å². The van der Waals surface area contributed by atoms with Crippen molar-refractivity contribution in [3.05, 3.63) is 99.7 Å². The standard InChI is InChI=1S/C20H18FN3O2/c1-14(16-5-3-2-4-6-16)24(13-15-7-9-17(21)10-8-15)20(26)18-11-12-19(25)23-22-18/h2-12,14H,13H2,1H3,(H,23,25)/t14-/m1/s1. The second kappa shape index (κ2) is 7.74. The number of hydrogen-bond acceptors (Lipinski definition) is 3. The van der Waals surface area contributed by atoms with Crippen molar-refractivity contribution in [3.8, 4) is 0 Å². The number of benzene rings is 2. The molecule has 1 atom stereocenters. The fraction of sp³-hybridized carbons (Fsp3) is 0.150. The quantitative estimate of drug-likeness (QED) is 0.767. The van der Waals surface area contributed by atoms with Crippen molar-refractivity contribution in [2.24, 2.45) is 0 Å². The Morgan fingerprint density at radius 2 is 1.77 bits per heavy atom. The van der Waals surface area contributed by atoms with Crippen LogP contribution in [0, 0.1) is 5.82 Å². The zero-order valence-corrected chi connectivity index (χ0v) is 14.2. The molecule has 3 rings (SSSR count). The van der Waals surface area contributed by atoms with Crippen LogP contribution in [-0.2, 0) is 6.54 Å². The maximum atomic E-state index is 13.2. The van der Waals surface area contributed by atoms with Gasteiger partial charge in [-0.3, -0.25) is 9.59 Å². The second-order valence-corrected chi connectivity index (χ2v) is 5.95. The van der Waals surface area contributed by atoms with Gasteiger partial charge in [-0.25, -0.2) is 9.49 Å². The van der Waals surface area contributed by atoms with E-state index in [-0.39, 0.29) is 35.6 Å². The summed E-state index contributed by atoms with van der Waals surface area (Å²) in [6.45, 7) is 2.21. The van der Waals surface area contributed by atoms with E-state index in [2.05, 4.69) is 10.2 Å². The van der Waals surface area contributed by atoms with Gasteiger partial charge in [0.2, 0.25) is 0 Å². The molecule has 0 saturated heterocycles. The summed E-state index contributed by atoms with van der Waals surface area (Å²) in [5.74, 6) is -0.646. The summed E-state index contributed by atoms with van der Waals surface area (Å²) >= 11 is 0. The number of halogens is 1. The lowest BCUT2D eigenvalue weighted by Crippen LogP contribution is -2.34. The Kier molecular flexibility index (Phi) is 5.22. The van der Waals surface area contributed by atoms with Gasteiger partial charge >= 0.3 is 0 Å². The predicted molar refractivity (Wildman–Crippen MR) is 96.0 cm³/mol. The fourth-order valence-electron chi connectivity index (χ4n) is 2.69. The Hall–Kier alpha value is -3.28. The molecule has 1 N–H and O–H groups in total. The number of aromatic amines is 1. The number of nitrogens with zero attached hydrogens (tertiary/aromatic N) is 2. The minimum Gasteiger partial charge on any atom is -0.326 e. The van der Waals surface area contributed by atoms with E-state index in [0.717, 1.165) is 11.1 Å². The number of hydrogen-bond donors (Lipinski definition) is 1. The molecule has 132 valence electrons. The summed E-state index contributed by atoms with van der Waals surface area (Å²) in [5.41, 5.74) is 1.54. The van der Waals surface area contributed by atoms with Gasteiger partial charge in [0.15, 0.2) is 0 Å².